The molecule has 1 aromatic rings. The predicted molar refractivity (Wildman–Crippen MR) is 55.4 cm³/mol. The largest absolute Gasteiger partial charge is 0.390 e. The zero-order valence-corrected chi connectivity index (χ0v) is 8.98. The standard InChI is InChI=1S/C9H13ClO2S/c1-6-7(3-5-13-6)9(12)8(11)2-4-10/h3,5,8-9,11-12H,2,4H2,1H3. The molecule has 0 aliphatic heterocycles. The highest BCUT2D eigenvalue weighted by Crippen LogP contribution is 2.26. The first-order valence-corrected chi connectivity index (χ1v) is 5.54. The summed E-state index contributed by atoms with van der Waals surface area (Å²) >= 11 is 7.04. The molecule has 0 aliphatic rings. The molecule has 0 saturated carbocycles. The lowest BCUT2D eigenvalue weighted by molar-refractivity contribution is 0.0169. The Morgan fingerprint density at radius 2 is 2.23 bits per heavy atom. The Balaban J connectivity index is 2.67. The Labute approximate surface area is 86.8 Å². The third kappa shape index (κ3) is 2.68. The van der Waals surface area contributed by atoms with Crippen LogP contribution in [0.15, 0.2) is 11.4 Å². The van der Waals surface area contributed by atoms with Crippen LogP contribution in [-0.2, 0) is 0 Å². The van der Waals surface area contributed by atoms with Gasteiger partial charge in [0.2, 0.25) is 0 Å². The van der Waals surface area contributed by atoms with Crippen molar-refractivity contribution < 1.29 is 10.2 Å². The first-order valence-electron chi connectivity index (χ1n) is 4.13. The minimum absolute atomic E-state index is 0.363. The predicted octanol–water partition coefficient (Wildman–Crippen LogP) is 2.08. The van der Waals surface area contributed by atoms with Gasteiger partial charge in [-0.05, 0) is 30.4 Å². The maximum Gasteiger partial charge on any atom is 0.106 e. The highest BCUT2D eigenvalue weighted by atomic mass is 35.5. The molecule has 0 spiro atoms. The normalized spacial score (nSPS) is 15.7. The number of hydrogen-bond donors (Lipinski definition) is 2. The second-order valence-corrected chi connectivity index (χ2v) is 4.42. The first kappa shape index (κ1) is 11.0. The SMILES string of the molecule is Cc1sccc1C(O)C(O)CCCl. The topological polar surface area (TPSA) is 40.5 Å². The lowest BCUT2D eigenvalue weighted by atomic mass is 10.0. The van der Waals surface area contributed by atoms with Crippen molar-refractivity contribution >= 4 is 22.9 Å². The number of rotatable bonds is 4. The summed E-state index contributed by atoms with van der Waals surface area (Å²) < 4.78 is 0. The molecular formula is C9H13ClO2S. The third-order valence-electron chi connectivity index (χ3n) is 1.99. The van der Waals surface area contributed by atoms with Crippen LogP contribution in [0.4, 0.5) is 0 Å². The van der Waals surface area contributed by atoms with Crippen molar-refractivity contribution in [3.8, 4) is 0 Å². The molecule has 13 heavy (non-hydrogen) atoms. The molecule has 0 fully saturated rings. The fourth-order valence-electron chi connectivity index (χ4n) is 1.18. The number of thiophene rings is 1. The van der Waals surface area contributed by atoms with E-state index in [-0.39, 0.29) is 0 Å². The Morgan fingerprint density at radius 3 is 2.69 bits per heavy atom. The van der Waals surface area contributed by atoms with Crippen molar-refractivity contribution in [1.82, 2.24) is 0 Å². The van der Waals surface area contributed by atoms with Crippen molar-refractivity contribution in [2.45, 2.75) is 25.6 Å². The van der Waals surface area contributed by atoms with Crippen LogP contribution in [0.3, 0.4) is 0 Å². The van der Waals surface area contributed by atoms with E-state index in [0.29, 0.717) is 12.3 Å². The molecule has 2 unspecified atom stereocenters. The average molecular weight is 221 g/mol. The van der Waals surface area contributed by atoms with Gasteiger partial charge in [0.25, 0.3) is 0 Å². The summed E-state index contributed by atoms with van der Waals surface area (Å²) in [7, 11) is 0. The van der Waals surface area contributed by atoms with Crippen LogP contribution in [0.1, 0.15) is 23.0 Å². The molecule has 2 nitrogen and oxygen atoms in total. The minimum Gasteiger partial charge on any atom is -0.390 e. The van der Waals surface area contributed by atoms with Crippen LogP contribution in [0.5, 0.6) is 0 Å². The molecule has 0 radical (unpaired) electrons. The van der Waals surface area contributed by atoms with Crippen LogP contribution < -0.4 is 0 Å². The number of hydrogen-bond acceptors (Lipinski definition) is 3. The molecule has 1 heterocycles. The van der Waals surface area contributed by atoms with Crippen molar-refractivity contribution in [1.29, 1.82) is 0 Å². The highest BCUT2D eigenvalue weighted by molar-refractivity contribution is 7.10. The second kappa shape index (κ2) is 4.96. The maximum atomic E-state index is 9.69. The summed E-state index contributed by atoms with van der Waals surface area (Å²) in [6.07, 6.45) is -1.14. The average Bonchev–Trinajstić information content (AvgIpc) is 2.50. The smallest absolute Gasteiger partial charge is 0.106 e. The van der Waals surface area contributed by atoms with E-state index in [1.54, 1.807) is 11.3 Å². The quantitative estimate of drug-likeness (QED) is 0.763. The monoisotopic (exact) mass is 220 g/mol. The van der Waals surface area contributed by atoms with Crippen LogP contribution >= 0.6 is 22.9 Å². The number of aliphatic hydroxyl groups is 2. The van der Waals surface area contributed by atoms with E-state index in [1.165, 1.54) is 0 Å². The lowest BCUT2D eigenvalue weighted by Gasteiger charge is -2.16. The number of alkyl halides is 1. The Kier molecular flexibility index (Phi) is 4.19. The molecule has 0 saturated heterocycles. The zero-order valence-electron chi connectivity index (χ0n) is 7.40. The maximum absolute atomic E-state index is 9.69. The van der Waals surface area contributed by atoms with E-state index in [1.807, 2.05) is 18.4 Å². The molecule has 0 aliphatic carbocycles. The van der Waals surface area contributed by atoms with Gasteiger partial charge in [-0.1, -0.05) is 0 Å². The van der Waals surface area contributed by atoms with Crippen molar-refractivity contribution in [3.05, 3.63) is 21.9 Å². The molecule has 2 atom stereocenters. The third-order valence-corrected chi connectivity index (χ3v) is 3.07. The molecule has 0 bridgehead atoms. The van der Waals surface area contributed by atoms with Gasteiger partial charge in [0.1, 0.15) is 6.10 Å². The summed E-state index contributed by atoms with van der Waals surface area (Å²) in [6, 6.07) is 1.84. The van der Waals surface area contributed by atoms with Gasteiger partial charge in [-0.25, -0.2) is 0 Å². The molecule has 1 aromatic heterocycles. The van der Waals surface area contributed by atoms with E-state index in [2.05, 4.69) is 0 Å². The molecular weight excluding hydrogens is 208 g/mol. The summed E-state index contributed by atoms with van der Waals surface area (Å²) in [5.41, 5.74) is 0.808. The molecule has 74 valence electrons. The summed E-state index contributed by atoms with van der Waals surface area (Å²) in [5.74, 6) is 0.363. The number of halogens is 1. The number of aliphatic hydroxyl groups excluding tert-OH is 2. The Hall–Kier alpha value is -0.0900. The lowest BCUT2D eigenvalue weighted by Crippen LogP contribution is -2.18. The summed E-state index contributed by atoms with van der Waals surface area (Å²) in [6.45, 7) is 1.93. The number of aryl methyl sites for hydroxylation is 1. The second-order valence-electron chi connectivity index (χ2n) is 2.92. The summed E-state index contributed by atoms with van der Waals surface area (Å²) in [4.78, 5) is 1.04. The van der Waals surface area contributed by atoms with E-state index in [9.17, 15) is 10.2 Å². The van der Waals surface area contributed by atoms with E-state index in [0.717, 1.165) is 10.4 Å². The molecule has 2 N–H and O–H groups in total. The van der Waals surface area contributed by atoms with Crippen LogP contribution in [0.2, 0.25) is 0 Å². The molecule has 0 aromatic carbocycles. The van der Waals surface area contributed by atoms with E-state index >= 15 is 0 Å². The fraction of sp³-hybridized carbons (Fsp3) is 0.556. The van der Waals surface area contributed by atoms with Gasteiger partial charge >= 0.3 is 0 Å². The Bertz CT molecular complexity index is 262. The van der Waals surface area contributed by atoms with E-state index < -0.39 is 12.2 Å². The van der Waals surface area contributed by atoms with Crippen LogP contribution in [0, 0.1) is 6.92 Å². The minimum atomic E-state index is -0.801. The van der Waals surface area contributed by atoms with Gasteiger partial charge < -0.3 is 10.2 Å². The molecule has 0 amide bonds. The van der Waals surface area contributed by atoms with Gasteiger partial charge in [-0.15, -0.1) is 22.9 Å². The van der Waals surface area contributed by atoms with E-state index in [4.69, 9.17) is 11.6 Å². The fourth-order valence-corrected chi connectivity index (χ4v) is 2.15. The zero-order chi connectivity index (χ0) is 9.84. The molecule has 1 rings (SSSR count). The van der Waals surface area contributed by atoms with Gasteiger partial charge in [0, 0.05) is 10.8 Å². The van der Waals surface area contributed by atoms with Crippen LogP contribution in [0.25, 0.3) is 0 Å². The van der Waals surface area contributed by atoms with Gasteiger partial charge in [0.15, 0.2) is 0 Å². The Morgan fingerprint density at radius 1 is 1.54 bits per heavy atom. The van der Waals surface area contributed by atoms with Crippen molar-refractivity contribution in [2.75, 3.05) is 5.88 Å². The van der Waals surface area contributed by atoms with Crippen molar-refractivity contribution in [2.24, 2.45) is 0 Å². The van der Waals surface area contributed by atoms with Gasteiger partial charge in [-0.2, -0.15) is 0 Å². The highest BCUT2D eigenvalue weighted by Gasteiger charge is 2.19. The van der Waals surface area contributed by atoms with Gasteiger partial charge in [-0.3, -0.25) is 0 Å². The van der Waals surface area contributed by atoms with Gasteiger partial charge in [0.05, 0.1) is 6.10 Å². The summed E-state index contributed by atoms with van der Waals surface area (Å²) in [5, 5.41) is 21.1. The first-order chi connectivity index (χ1) is 6.16. The van der Waals surface area contributed by atoms with Crippen LogP contribution in [-0.4, -0.2) is 22.2 Å². The molecule has 4 heteroatoms. The van der Waals surface area contributed by atoms with Crippen molar-refractivity contribution in [3.63, 3.8) is 0 Å².